The van der Waals surface area contributed by atoms with Crippen molar-refractivity contribution >= 4 is 11.4 Å². The predicted molar refractivity (Wildman–Crippen MR) is 90.1 cm³/mol. The quantitative estimate of drug-likeness (QED) is 0.718. The maximum atomic E-state index is 12.0. The first-order valence-electron chi connectivity index (χ1n) is 7.73. The molecule has 0 aromatic heterocycles. The van der Waals surface area contributed by atoms with Gasteiger partial charge in [0.1, 0.15) is 5.78 Å². The molecule has 2 rings (SSSR count). The van der Waals surface area contributed by atoms with Gasteiger partial charge in [-0.2, -0.15) is 0 Å². The van der Waals surface area contributed by atoms with Crippen LogP contribution >= 0.6 is 0 Å². The standard InChI is InChI=1S/C20H24O/c1-15(2)20(21)14-13-19(17-10-5-4-6-11-17)18-12-8-7-9-16(18)3/h4-10,12,15H,11,13-14H2,1-3H3/b19-17-. The van der Waals surface area contributed by atoms with Gasteiger partial charge in [0.05, 0.1) is 0 Å². The van der Waals surface area contributed by atoms with Crippen molar-refractivity contribution in [2.45, 2.75) is 40.0 Å². The lowest BCUT2D eigenvalue weighted by Crippen LogP contribution is -2.07. The third kappa shape index (κ3) is 4.04. The normalized spacial score (nSPS) is 16.4. The summed E-state index contributed by atoms with van der Waals surface area (Å²) < 4.78 is 0. The van der Waals surface area contributed by atoms with Gasteiger partial charge in [-0.25, -0.2) is 0 Å². The van der Waals surface area contributed by atoms with E-state index in [4.69, 9.17) is 0 Å². The largest absolute Gasteiger partial charge is 0.299 e. The molecule has 0 saturated carbocycles. The zero-order chi connectivity index (χ0) is 15.2. The highest BCUT2D eigenvalue weighted by atomic mass is 16.1. The van der Waals surface area contributed by atoms with Crippen LogP contribution in [0.5, 0.6) is 0 Å². The van der Waals surface area contributed by atoms with Crippen LogP contribution in [0.15, 0.2) is 54.1 Å². The predicted octanol–water partition coefficient (Wildman–Crippen LogP) is 5.27. The second kappa shape index (κ2) is 7.21. The third-order valence-electron chi connectivity index (χ3n) is 4.01. The summed E-state index contributed by atoms with van der Waals surface area (Å²) in [5.41, 5.74) is 5.22. The van der Waals surface area contributed by atoms with Crippen LogP contribution in [0.1, 0.15) is 44.2 Å². The molecule has 1 aromatic rings. The third-order valence-corrected chi connectivity index (χ3v) is 4.01. The van der Waals surface area contributed by atoms with Gasteiger partial charge in [0, 0.05) is 12.3 Å². The molecule has 0 fully saturated rings. The monoisotopic (exact) mass is 280 g/mol. The maximum absolute atomic E-state index is 12.0. The molecule has 1 aliphatic rings. The van der Waals surface area contributed by atoms with Gasteiger partial charge in [0.25, 0.3) is 0 Å². The van der Waals surface area contributed by atoms with E-state index >= 15 is 0 Å². The SMILES string of the molecule is Cc1ccccc1/C(CCC(=O)C(C)C)=C1/C=CC=CC1. The molecule has 1 aliphatic carbocycles. The number of rotatable bonds is 5. The Labute approximate surface area is 128 Å². The molecule has 0 aliphatic heterocycles. The van der Waals surface area contributed by atoms with Gasteiger partial charge in [0.2, 0.25) is 0 Å². The van der Waals surface area contributed by atoms with E-state index < -0.39 is 0 Å². The van der Waals surface area contributed by atoms with E-state index in [0.29, 0.717) is 12.2 Å². The van der Waals surface area contributed by atoms with E-state index in [1.54, 1.807) is 0 Å². The molecule has 0 heterocycles. The molecule has 1 nitrogen and oxygen atoms in total. The molecule has 0 saturated heterocycles. The van der Waals surface area contributed by atoms with Crippen LogP contribution in [0.3, 0.4) is 0 Å². The van der Waals surface area contributed by atoms with Gasteiger partial charge in [-0.1, -0.05) is 62.4 Å². The van der Waals surface area contributed by atoms with E-state index in [-0.39, 0.29) is 5.92 Å². The summed E-state index contributed by atoms with van der Waals surface area (Å²) in [6.45, 7) is 6.10. The summed E-state index contributed by atoms with van der Waals surface area (Å²) in [4.78, 5) is 12.0. The number of Topliss-reactive ketones (excluding diaryl/α,β-unsaturated/α-hetero) is 1. The van der Waals surface area contributed by atoms with Crippen molar-refractivity contribution < 1.29 is 4.79 Å². The van der Waals surface area contributed by atoms with Gasteiger partial charge >= 0.3 is 0 Å². The van der Waals surface area contributed by atoms with Crippen molar-refractivity contribution in [3.05, 3.63) is 65.3 Å². The van der Waals surface area contributed by atoms with E-state index in [0.717, 1.165) is 12.8 Å². The van der Waals surface area contributed by atoms with Crippen LogP contribution < -0.4 is 0 Å². The maximum Gasteiger partial charge on any atom is 0.135 e. The van der Waals surface area contributed by atoms with Crippen molar-refractivity contribution in [1.82, 2.24) is 0 Å². The van der Waals surface area contributed by atoms with Crippen LogP contribution in [-0.4, -0.2) is 5.78 Å². The Hall–Kier alpha value is -1.89. The Morgan fingerprint density at radius 2 is 1.90 bits per heavy atom. The minimum atomic E-state index is 0.120. The van der Waals surface area contributed by atoms with Crippen molar-refractivity contribution in [3.63, 3.8) is 0 Å². The summed E-state index contributed by atoms with van der Waals surface area (Å²) >= 11 is 0. The summed E-state index contributed by atoms with van der Waals surface area (Å²) in [5, 5.41) is 0. The molecular weight excluding hydrogens is 256 g/mol. The number of benzene rings is 1. The molecule has 0 unspecified atom stereocenters. The second-order valence-corrected chi connectivity index (χ2v) is 5.93. The van der Waals surface area contributed by atoms with Crippen LogP contribution in [0.25, 0.3) is 5.57 Å². The van der Waals surface area contributed by atoms with Crippen LogP contribution in [0, 0.1) is 12.8 Å². The molecule has 0 amide bonds. The van der Waals surface area contributed by atoms with Gasteiger partial charge in [-0.3, -0.25) is 4.79 Å². The van der Waals surface area contributed by atoms with Gasteiger partial charge < -0.3 is 0 Å². The van der Waals surface area contributed by atoms with Gasteiger partial charge in [-0.05, 0) is 42.0 Å². The summed E-state index contributed by atoms with van der Waals surface area (Å²) in [6, 6.07) is 8.46. The molecule has 0 spiro atoms. The highest BCUT2D eigenvalue weighted by Crippen LogP contribution is 2.30. The summed E-state index contributed by atoms with van der Waals surface area (Å²) in [6.07, 6.45) is 10.9. The lowest BCUT2D eigenvalue weighted by atomic mass is 9.88. The second-order valence-electron chi connectivity index (χ2n) is 5.93. The summed E-state index contributed by atoms with van der Waals surface area (Å²) in [5.74, 6) is 0.465. The van der Waals surface area contributed by atoms with Crippen molar-refractivity contribution in [2.75, 3.05) is 0 Å². The first-order chi connectivity index (χ1) is 10.1. The Bertz CT molecular complexity index is 600. The number of ketones is 1. The van der Waals surface area contributed by atoms with Crippen molar-refractivity contribution in [3.8, 4) is 0 Å². The zero-order valence-corrected chi connectivity index (χ0v) is 13.2. The first kappa shape index (κ1) is 15.5. The smallest absolute Gasteiger partial charge is 0.135 e. The lowest BCUT2D eigenvalue weighted by molar-refractivity contribution is -0.121. The Kier molecular flexibility index (Phi) is 5.32. The highest BCUT2D eigenvalue weighted by Gasteiger charge is 2.14. The van der Waals surface area contributed by atoms with E-state index in [1.807, 2.05) is 13.8 Å². The molecule has 0 N–H and O–H groups in total. The number of carbonyl (C=O) groups excluding carboxylic acids is 1. The Morgan fingerprint density at radius 3 is 2.52 bits per heavy atom. The average molecular weight is 280 g/mol. The molecule has 0 atom stereocenters. The fourth-order valence-corrected chi connectivity index (χ4v) is 2.65. The van der Waals surface area contributed by atoms with Crippen LogP contribution in [0.2, 0.25) is 0 Å². The number of aryl methyl sites for hydroxylation is 1. The van der Waals surface area contributed by atoms with E-state index in [1.165, 1.54) is 22.3 Å². The zero-order valence-electron chi connectivity index (χ0n) is 13.2. The molecule has 21 heavy (non-hydrogen) atoms. The van der Waals surface area contributed by atoms with E-state index in [2.05, 4.69) is 55.5 Å². The van der Waals surface area contributed by atoms with Crippen LogP contribution in [0.4, 0.5) is 0 Å². The Morgan fingerprint density at radius 1 is 1.14 bits per heavy atom. The molecule has 1 aromatic carbocycles. The number of allylic oxidation sites excluding steroid dienone is 6. The summed E-state index contributed by atoms with van der Waals surface area (Å²) in [7, 11) is 0. The topological polar surface area (TPSA) is 17.1 Å². The average Bonchev–Trinajstić information content (AvgIpc) is 2.50. The molecular formula is C20H24O. The number of hydrogen-bond donors (Lipinski definition) is 0. The van der Waals surface area contributed by atoms with Crippen LogP contribution in [-0.2, 0) is 4.79 Å². The molecule has 0 radical (unpaired) electrons. The minimum Gasteiger partial charge on any atom is -0.299 e. The fraction of sp³-hybridized carbons (Fsp3) is 0.350. The molecule has 1 heteroatoms. The van der Waals surface area contributed by atoms with Crippen molar-refractivity contribution in [2.24, 2.45) is 5.92 Å². The fourth-order valence-electron chi connectivity index (χ4n) is 2.65. The van der Waals surface area contributed by atoms with Gasteiger partial charge in [-0.15, -0.1) is 0 Å². The Balaban J connectivity index is 2.32. The van der Waals surface area contributed by atoms with Crippen molar-refractivity contribution in [1.29, 1.82) is 0 Å². The molecule has 0 bridgehead atoms. The first-order valence-corrected chi connectivity index (χ1v) is 7.73. The lowest BCUT2D eigenvalue weighted by Gasteiger charge is -2.16. The number of hydrogen-bond acceptors (Lipinski definition) is 1. The molecule has 110 valence electrons. The van der Waals surface area contributed by atoms with E-state index in [9.17, 15) is 4.79 Å². The highest BCUT2D eigenvalue weighted by molar-refractivity contribution is 5.83. The van der Waals surface area contributed by atoms with Gasteiger partial charge in [0.15, 0.2) is 0 Å². The minimum absolute atomic E-state index is 0.120. The number of carbonyl (C=O) groups is 1.